The Balaban J connectivity index is 2.20. The molecule has 2 aromatic rings. The van der Waals surface area contributed by atoms with Crippen LogP contribution < -0.4 is 10.1 Å². The fourth-order valence-electron chi connectivity index (χ4n) is 2.25. The van der Waals surface area contributed by atoms with Gasteiger partial charge in [0, 0.05) is 5.92 Å². The lowest BCUT2D eigenvalue weighted by atomic mass is 9.93. The molecule has 0 aliphatic rings. The van der Waals surface area contributed by atoms with E-state index in [1.54, 1.807) is 7.11 Å². The van der Waals surface area contributed by atoms with Gasteiger partial charge >= 0.3 is 6.09 Å². The van der Waals surface area contributed by atoms with Crippen LogP contribution in [0.15, 0.2) is 24.3 Å². The zero-order chi connectivity index (χ0) is 17.7. The number of rotatable bonds is 5. The highest BCUT2D eigenvalue weighted by Crippen LogP contribution is 2.30. The number of carbonyl (C=O) groups excluding carboxylic acids is 1. The summed E-state index contributed by atoms with van der Waals surface area (Å²) in [4.78, 5) is 12.2. The number of benzene rings is 1. The largest absolute Gasteiger partial charge is 0.497 e. The van der Waals surface area contributed by atoms with Crippen molar-refractivity contribution in [2.75, 3.05) is 7.11 Å². The lowest BCUT2D eigenvalue weighted by Crippen LogP contribution is -2.37. The molecule has 1 aromatic heterocycles. The van der Waals surface area contributed by atoms with Crippen molar-refractivity contribution in [2.24, 2.45) is 0 Å². The fraction of sp³-hybridized carbons (Fsp3) is 0.500. The molecule has 1 aromatic carbocycles. The topological polar surface area (TPSA) is 102 Å². The van der Waals surface area contributed by atoms with Crippen molar-refractivity contribution in [3.63, 3.8) is 0 Å². The molecule has 0 spiro atoms. The summed E-state index contributed by atoms with van der Waals surface area (Å²) in [5.74, 6) is 1.06. The number of H-pyrrole nitrogens is 1. The lowest BCUT2D eigenvalue weighted by Gasteiger charge is -2.25. The second kappa shape index (κ2) is 7.29. The van der Waals surface area contributed by atoms with E-state index in [1.165, 1.54) is 0 Å². The molecule has 1 amide bonds. The van der Waals surface area contributed by atoms with E-state index >= 15 is 0 Å². The molecule has 0 aliphatic heterocycles. The lowest BCUT2D eigenvalue weighted by molar-refractivity contribution is 0.0494. The van der Waals surface area contributed by atoms with Gasteiger partial charge in [-0.1, -0.05) is 24.3 Å². The van der Waals surface area contributed by atoms with Crippen molar-refractivity contribution in [2.45, 2.75) is 45.3 Å². The minimum Gasteiger partial charge on any atom is -0.497 e. The second-order valence-electron chi connectivity index (χ2n) is 6.46. The number of amides is 1. The molecule has 130 valence electrons. The van der Waals surface area contributed by atoms with Gasteiger partial charge in [-0.15, -0.1) is 10.2 Å². The van der Waals surface area contributed by atoms with Crippen LogP contribution in [-0.4, -0.2) is 39.4 Å². The molecule has 2 atom stereocenters. The highest BCUT2D eigenvalue weighted by Gasteiger charge is 2.28. The molecule has 0 bridgehead atoms. The molecular formula is C16H23N5O3. The third-order valence-electron chi connectivity index (χ3n) is 3.45. The summed E-state index contributed by atoms with van der Waals surface area (Å²) in [5.41, 5.74) is 0.413. The van der Waals surface area contributed by atoms with Crippen LogP contribution in [-0.2, 0) is 4.74 Å². The zero-order valence-electron chi connectivity index (χ0n) is 14.5. The zero-order valence-corrected chi connectivity index (χ0v) is 14.5. The Kier molecular flexibility index (Phi) is 5.38. The van der Waals surface area contributed by atoms with Crippen LogP contribution in [0.3, 0.4) is 0 Å². The quantitative estimate of drug-likeness (QED) is 0.872. The first-order valence-corrected chi connectivity index (χ1v) is 7.67. The van der Waals surface area contributed by atoms with E-state index in [1.807, 2.05) is 52.0 Å². The van der Waals surface area contributed by atoms with Crippen molar-refractivity contribution in [1.29, 1.82) is 0 Å². The number of carbonyl (C=O) groups is 1. The highest BCUT2D eigenvalue weighted by molar-refractivity contribution is 5.68. The maximum atomic E-state index is 12.2. The molecule has 8 heteroatoms. The molecule has 1 heterocycles. The first kappa shape index (κ1) is 17.7. The summed E-state index contributed by atoms with van der Waals surface area (Å²) < 4.78 is 10.5. The number of aromatic nitrogens is 4. The minimum absolute atomic E-state index is 0.0963. The predicted molar refractivity (Wildman–Crippen MR) is 87.7 cm³/mol. The van der Waals surface area contributed by atoms with E-state index < -0.39 is 17.7 Å². The Morgan fingerprint density at radius 3 is 2.42 bits per heavy atom. The Morgan fingerprint density at radius 1 is 1.25 bits per heavy atom. The van der Waals surface area contributed by atoms with E-state index in [0.29, 0.717) is 5.82 Å². The van der Waals surface area contributed by atoms with Gasteiger partial charge in [0.25, 0.3) is 0 Å². The molecule has 0 radical (unpaired) electrons. The van der Waals surface area contributed by atoms with Gasteiger partial charge in [-0.3, -0.25) is 0 Å². The normalized spacial score (nSPS) is 13.9. The first-order chi connectivity index (χ1) is 11.3. The second-order valence-corrected chi connectivity index (χ2v) is 6.46. The first-order valence-electron chi connectivity index (χ1n) is 7.67. The average molecular weight is 333 g/mol. The van der Waals surface area contributed by atoms with Gasteiger partial charge in [0.05, 0.1) is 7.11 Å². The fourth-order valence-corrected chi connectivity index (χ4v) is 2.25. The van der Waals surface area contributed by atoms with Crippen LogP contribution in [0.25, 0.3) is 0 Å². The summed E-state index contributed by atoms with van der Waals surface area (Å²) in [6.07, 6.45) is -0.530. The molecule has 8 nitrogen and oxygen atoms in total. The van der Waals surface area contributed by atoms with Gasteiger partial charge in [-0.2, -0.15) is 5.21 Å². The van der Waals surface area contributed by atoms with E-state index in [0.717, 1.165) is 11.3 Å². The minimum atomic E-state index is -0.588. The number of aromatic amines is 1. The molecule has 0 fully saturated rings. The molecular weight excluding hydrogens is 310 g/mol. The van der Waals surface area contributed by atoms with Crippen LogP contribution in [0.2, 0.25) is 0 Å². The van der Waals surface area contributed by atoms with Gasteiger partial charge in [0.15, 0.2) is 5.82 Å². The Bertz CT molecular complexity index is 649. The standard InChI is InChI=1S/C16H23N5O3/c1-10(11-6-8-12(23-5)9-7-11)13(14-18-20-21-19-14)17-15(22)24-16(2,3)4/h6-10,13H,1-5H3,(H,17,22)(H,18,19,20,21)/t10-,13+/m1/s1. The Hall–Kier alpha value is -2.64. The highest BCUT2D eigenvalue weighted by atomic mass is 16.6. The maximum Gasteiger partial charge on any atom is 0.408 e. The van der Waals surface area contributed by atoms with Gasteiger partial charge in [-0.25, -0.2) is 4.79 Å². The molecule has 24 heavy (non-hydrogen) atoms. The summed E-state index contributed by atoms with van der Waals surface area (Å²) in [7, 11) is 1.62. The summed E-state index contributed by atoms with van der Waals surface area (Å²) in [6.45, 7) is 7.40. The maximum absolute atomic E-state index is 12.2. The number of ether oxygens (including phenoxy) is 2. The van der Waals surface area contributed by atoms with Crippen molar-refractivity contribution >= 4 is 6.09 Å². The van der Waals surface area contributed by atoms with E-state index in [-0.39, 0.29) is 5.92 Å². The summed E-state index contributed by atoms with van der Waals surface area (Å²) in [6, 6.07) is 7.13. The molecule has 0 saturated carbocycles. The number of methoxy groups -OCH3 is 1. The van der Waals surface area contributed by atoms with Crippen molar-refractivity contribution in [3.05, 3.63) is 35.7 Å². The van der Waals surface area contributed by atoms with Gasteiger partial charge in [0.2, 0.25) is 0 Å². The van der Waals surface area contributed by atoms with Crippen LogP contribution in [0.1, 0.15) is 51.0 Å². The summed E-state index contributed by atoms with van der Waals surface area (Å²) >= 11 is 0. The Labute approximate surface area is 140 Å². The van der Waals surface area contributed by atoms with E-state index in [4.69, 9.17) is 9.47 Å². The molecule has 2 rings (SSSR count). The third kappa shape index (κ3) is 4.68. The van der Waals surface area contributed by atoms with Crippen LogP contribution in [0.4, 0.5) is 4.79 Å². The molecule has 0 aliphatic carbocycles. The predicted octanol–water partition coefficient (Wildman–Crippen LogP) is 2.58. The van der Waals surface area contributed by atoms with E-state index in [9.17, 15) is 4.79 Å². The number of nitrogens with zero attached hydrogens (tertiary/aromatic N) is 3. The van der Waals surface area contributed by atoms with Crippen LogP contribution in [0, 0.1) is 0 Å². The number of alkyl carbamates (subject to hydrolysis) is 1. The number of hydrogen-bond donors (Lipinski definition) is 2. The van der Waals surface area contributed by atoms with Crippen LogP contribution >= 0.6 is 0 Å². The van der Waals surface area contributed by atoms with Crippen molar-refractivity contribution < 1.29 is 14.3 Å². The molecule has 0 saturated heterocycles. The summed E-state index contributed by atoms with van der Waals surface area (Å²) in [5, 5.41) is 16.8. The number of hydrogen-bond acceptors (Lipinski definition) is 6. The molecule has 2 N–H and O–H groups in total. The molecule has 0 unspecified atom stereocenters. The van der Waals surface area contributed by atoms with Gasteiger partial charge in [-0.05, 0) is 38.5 Å². The third-order valence-corrected chi connectivity index (χ3v) is 3.45. The van der Waals surface area contributed by atoms with Crippen molar-refractivity contribution in [3.8, 4) is 5.75 Å². The SMILES string of the molecule is COc1ccc([C@@H](C)[C@H](NC(=O)OC(C)(C)C)c2nn[nH]n2)cc1. The Morgan fingerprint density at radius 2 is 1.92 bits per heavy atom. The van der Waals surface area contributed by atoms with E-state index in [2.05, 4.69) is 25.9 Å². The monoisotopic (exact) mass is 333 g/mol. The smallest absolute Gasteiger partial charge is 0.408 e. The number of nitrogens with one attached hydrogen (secondary N) is 2. The van der Waals surface area contributed by atoms with Gasteiger partial charge < -0.3 is 14.8 Å². The van der Waals surface area contributed by atoms with Crippen molar-refractivity contribution in [1.82, 2.24) is 25.9 Å². The average Bonchev–Trinajstić information content (AvgIpc) is 3.04. The van der Waals surface area contributed by atoms with Gasteiger partial charge in [0.1, 0.15) is 17.4 Å². The number of tetrazole rings is 1. The van der Waals surface area contributed by atoms with Crippen LogP contribution in [0.5, 0.6) is 5.75 Å².